The molecular weight excluding hydrogens is 364 g/mol. The van der Waals surface area contributed by atoms with E-state index in [1.807, 2.05) is 0 Å². The van der Waals surface area contributed by atoms with E-state index < -0.39 is 11.5 Å². The van der Waals surface area contributed by atoms with Gasteiger partial charge in [-0.05, 0) is 37.3 Å². The molecule has 3 rings (SSSR count). The summed E-state index contributed by atoms with van der Waals surface area (Å²) in [5, 5.41) is 6.88. The van der Waals surface area contributed by atoms with Crippen molar-refractivity contribution in [3.05, 3.63) is 52.5 Å². The van der Waals surface area contributed by atoms with E-state index in [2.05, 4.69) is 10.4 Å². The molecule has 0 aliphatic rings. The van der Waals surface area contributed by atoms with Crippen LogP contribution in [0.15, 0.2) is 45.6 Å². The number of furan rings is 1. The Hall–Kier alpha value is -3.75. The van der Waals surface area contributed by atoms with E-state index in [9.17, 15) is 9.59 Å². The molecule has 1 amide bonds. The Kier molecular flexibility index (Phi) is 5.35. The number of nitrogens with zero attached hydrogens (tertiary/aromatic N) is 2. The van der Waals surface area contributed by atoms with Gasteiger partial charge in [-0.3, -0.25) is 9.59 Å². The maximum absolute atomic E-state index is 12.5. The summed E-state index contributed by atoms with van der Waals surface area (Å²) in [4.78, 5) is 24.8. The van der Waals surface area contributed by atoms with Gasteiger partial charge in [-0.25, -0.2) is 4.68 Å². The highest BCUT2D eigenvalue weighted by Gasteiger charge is 2.15. The minimum atomic E-state index is -0.570. The molecule has 0 unspecified atom stereocenters. The highest BCUT2D eigenvalue weighted by molar-refractivity contribution is 5.92. The fraction of sp³-hybridized carbons (Fsp3) is 0.211. The third kappa shape index (κ3) is 3.98. The van der Waals surface area contributed by atoms with Gasteiger partial charge in [-0.2, -0.15) is 5.10 Å². The van der Waals surface area contributed by atoms with Crippen LogP contribution in [0.5, 0.6) is 11.5 Å². The fourth-order valence-electron chi connectivity index (χ4n) is 2.60. The summed E-state index contributed by atoms with van der Waals surface area (Å²) in [5.74, 6) is 1.66. The second-order valence-corrected chi connectivity index (χ2v) is 5.97. The van der Waals surface area contributed by atoms with Gasteiger partial charge in [-0.15, -0.1) is 0 Å². The van der Waals surface area contributed by atoms with E-state index in [0.717, 1.165) is 4.68 Å². The molecule has 3 aromatic rings. The van der Waals surface area contributed by atoms with E-state index in [1.54, 1.807) is 37.3 Å². The number of nitrogens with two attached hydrogens (primary N) is 1. The number of nitrogen functional groups attached to an aromatic ring is 1. The molecule has 9 heteroatoms. The summed E-state index contributed by atoms with van der Waals surface area (Å²) in [6.45, 7) is 1.45. The number of nitrogens with one attached hydrogen (secondary N) is 1. The number of ether oxygens (including phenoxy) is 2. The van der Waals surface area contributed by atoms with Crippen LogP contribution in [0.1, 0.15) is 5.76 Å². The quantitative estimate of drug-likeness (QED) is 0.667. The molecule has 0 spiro atoms. The first-order valence-electron chi connectivity index (χ1n) is 8.37. The molecular formula is C19H20N4O5. The van der Waals surface area contributed by atoms with Crippen molar-refractivity contribution in [1.82, 2.24) is 9.78 Å². The van der Waals surface area contributed by atoms with E-state index in [1.165, 1.54) is 20.3 Å². The Morgan fingerprint density at radius 1 is 1.21 bits per heavy atom. The minimum Gasteiger partial charge on any atom is -0.497 e. The zero-order valence-corrected chi connectivity index (χ0v) is 15.7. The number of anilines is 2. The minimum absolute atomic E-state index is 0.0363. The molecule has 0 fully saturated rings. The summed E-state index contributed by atoms with van der Waals surface area (Å²) in [7, 11) is 3.00. The molecule has 0 atom stereocenters. The van der Waals surface area contributed by atoms with Gasteiger partial charge in [0.15, 0.2) is 5.76 Å². The van der Waals surface area contributed by atoms with E-state index >= 15 is 0 Å². The summed E-state index contributed by atoms with van der Waals surface area (Å²) >= 11 is 0. The molecule has 0 aliphatic heterocycles. The van der Waals surface area contributed by atoms with E-state index in [4.69, 9.17) is 19.6 Å². The Morgan fingerprint density at radius 3 is 2.64 bits per heavy atom. The van der Waals surface area contributed by atoms with Crippen molar-refractivity contribution in [2.75, 3.05) is 25.3 Å². The standard InChI is InChI=1S/C19H20N4O5/c1-11-4-6-17(28-11)15-9-13(20)19(25)23(22-15)10-18(24)21-14-8-12(26-2)5-7-16(14)27-3/h4-9H,10,20H2,1-3H3,(H,21,24). The van der Waals surface area contributed by atoms with Gasteiger partial charge in [0.1, 0.15) is 35.2 Å². The molecule has 1 aromatic carbocycles. The van der Waals surface area contributed by atoms with E-state index in [-0.39, 0.29) is 12.2 Å². The van der Waals surface area contributed by atoms with Crippen LogP contribution < -0.4 is 26.1 Å². The maximum Gasteiger partial charge on any atom is 0.290 e. The van der Waals surface area contributed by atoms with Crippen molar-refractivity contribution in [2.45, 2.75) is 13.5 Å². The Morgan fingerprint density at radius 2 is 2.00 bits per heavy atom. The van der Waals surface area contributed by atoms with Gasteiger partial charge in [-0.1, -0.05) is 0 Å². The number of benzene rings is 1. The molecule has 3 N–H and O–H groups in total. The van der Waals surface area contributed by atoms with Crippen LogP contribution in [0.4, 0.5) is 11.4 Å². The lowest BCUT2D eigenvalue weighted by Gasteiger charge is -2.12. The molecule has 28 heavy (non-hydrogen) atoms. The van der Waals surface area contributed by atoms with Crippen molar-refractivity contribution in [3.8, 4) is 23.0 Å². The zero-order valence-electron chi connectivity index (χ0n) is 15.7. The molecule has 2 aromatic heterocycles. The lowest BCUT2D eigenvalue weighted by molar-refractivity contribution is -0.117. The zero-order chi connectivity index (χ0) is 20.3. The van der Waals surface area contributed by atoms with Crippen molar-refractivity contribution < 1.29 is 18.7 Å². The molecule has 0 bridgehead atoms. The lowest BCUT2D eigenvalue weighted by atomic mass is 10.2. The first-order chi connectivity index (χ1) is 13.4. The average Bonchev–Trinajstić information content (AvgIpc) is 3.11. The SMILES string of the molecule is COc1ccc(OC)c(NC(=O)Cn2nc(-c3ccc(C)o3)cc(N)c2=O)c1. The number of amides is 1. The summed E-state index contributed by atoms with van der Waals surface area (Å²) < 4.78 is 16.9. The number of rotatable bonds is 6. The summed E-state index contributed by atoms with van der Waals surface area (Å²) in [6, 6.07) is 9.88. The highest BCUT2D eigenvalue weighted by Crippen LogP contribution is 2.28. The first kappa shape index (κ1) is 19.0. The normalized spacial score (nSPS) is 10.5. The van der Waals surface area contributed by atoms with Gasteiger partial charge < -0.3 is 24.9 Å². The van der Waals surface area contributed by atoms with Crippen LogP contribution in [0.2, 0.25) is 0 Å². The predicted molar refractivity (Wildman–Crippen MR) is 104 cm³/mol. The third-order valence-corrected chi connectivity index (χ3v) is 3.97. The smallest absolute Gasteiger partial charge is 0.290 e. The summed E-state index contributed by atoms with van der Waals surface area (Å²) in [6.07, 6.45) is 0. The number of hydrogen-bond donors (Lipinski definition) is 2. The maximum atomic E-state index is 12.5. The molecule has 0 aliphatic carbocycles. The summed E-state index contributed by atoms with van der Waals surface area (Å²) in [5.41, 5.74) is 5.95. The average molecular weight is 384 g/mol. The molecule has 0 saturated heterocycles. The number of methoxy groups -OCH3 is 2. The number of aromatic nitrogens is 2. The molecule has 0 saturated carbocycles. The molecule has 2 heterocycles. The van der Waals surface area contributed by atoms with Gasteiger partial charge in [0.25, 0.3) is 5.56 Å². The van der Waals surface area contributed by atoms with Crippen LogP contribution >= 0.6 is 0 Å². The second-order valence-electron chi connectivity index (χ2n) is 5.97. The number of carbonyl (C=O) groups excluding carboxylic acids is 1. The first-order valence-corrected chi connectivity index (χ1v) is 8.37. The number of aryl methyl sites for hydroxylation is 1. The highest BCUT2D eigenvalue weighted by atomic mass is 16.5. The fourth-order valence-corrected chi connectivity index (χ4v) is 2.60. The van der Waals surface area contributed by atoms with Crippen molar-refractivity contribution in [2.24, 2.45) is 0 Å². The Bertz CT molecular complexity index is 1070. The van der Waals surface area contributed by atoms with Crippen LogP contribution in [0.3, 0.4) is 0 Å². The van der Waals surface area contributed by atoms with Gasteiger partial charge in [0.2, 0.25) is 5.91 Å². The van der Waals surface area contributed by atoms with Crippen LogP contribution in [0, 0.1) is 6.92 Å². The number of carbonyl (C=O) groups is 1. The lowest BCUT2D eigenvalue weighted by Crippen LogP contribution is -2.31. The largest absolute Gasteiger partial charge is 0.497 e. The molecule has 9 nitrogen and oxygen atoms in total. The number of hydrogen-bond acceptors (Lipinski definition) is 7. The third-order valence-electron chi connectivity index (χ3n) is 3.97. The van der Waals surface area contributed by atoms with Crippen LogP contribution in [-0.4, -0.2) is 29.9 Å². The molecule has 0 radical (unpaired) electrons. The van der Waals surface area contributed by atoms with Crippen LogP contribution in [0.25, 0.3) is 11.5 Å². The van der Waals surface area contributed by atoms with Crippen molar-refractivity contribution >= 4 is 17.3 Å². The molecule has 146 valence electrons. The van der Waals surface area contributed by atoms with E-state index in [0.29, 0.717) is 34.4 Å². The predicted octanol–water partition coefficient (Wildman–Crippen LogP) is 2.05. The Balaban J connectivity index is 1.86. The van der Waals surface area contributed by atoms with Crippen molar-refractivity contribution in [1.29, 1.82) is 0 Å². The van der Waals surface area contributed by atoms with Gasteiger partial charge in [0.05, 0.1) is 19.9 Å². The van der Waals surface area contributed by atoms with Crippen molar-refractivity contribution in [3.63, 3.8) is 0 Å². The second kappa shape index (κ2) is 7.87. The monoisotopic (exact) mass is 384 g/mol. The van der Waals surface area contributed by atoms with Gasteiger partial charge in [0, 0.05) is 6.07 Å². The topological polar surface area (TPSA) is 122 Å². The van der Waals surface area contributed by atoms with Gasteiger partial charge >= 0.3 is 0 Å². The van der Waals surface area contributed by atoms with Crippen LogP contribution in [-0.2, 0) is 11.3 Å². The Labute approximate surface area is 160 Å².